The van der Waals surface area contributed by atoms with Gasteiger partial charge in [0.25, 0.3) is 5.82 Å². The molecule has 0 aliphatic rings. The molecule has 0 radical (unpaired) electrons. The molecule has 140 valence electrons. The minimum absolute atomic E-state index is 1.16. The molecule has 0 aliphatic heterocycles. The average molecular weight is 376 g/mol. The van der Waals surface area contributed by atoms with E-state index in [2.05, 4.69) is 113 Å². The van der Waals surface area contributed by atoms with E-state index in [0.717, 1.165) is 5.69 Å². The van der Waals surface area contributed by atoms with Crippen LogP contribution >= 0.6 is 0 Å². The van der Waals surface area contributed by atoms with E-state index in [1.807, 2.05) is 12.4 Å². The number of para-hydroxylation sites is 3. The maximum atomic E-state index is 4.16. The summed E-state index contributed by atoms with van der Waals surface area (Å²) in [6, 6.07) is 29.9. The zero-order valence-corrected chi connectivity index (χ0v) is 16.6. The predicted octanol–water partition coefficient (Wildman–Crippen LogP) is 5.49. The monoisotopic (exact) mass is 376 g/mol. The third kappa shape index (κ3) is 2.92. The van der Waals surface area contributed by atoms with Crippen LogP contribution in [0.3, 0.4) is 0 Å². The van der Waals surface area contributed by atoms with Crippen LogP contribution in [-0.2, 0) is 7.05 Å². The van der Waals surface area contributed by atoms with E-state index in [1.165, 1.54) is 39.1 Å². The largest absolute Gasteiger partial charge is 0.295 e. The van der Waals surface area contributed by atoms with Crippen LogP contribution in [0.2, 0.25) is 0 Å². The van der Waals surface area contributed by atoms with Gasteiger partial charge in [0.1, 0.15) is 5.69 Å². The number of imidazole rings is 1. The molecule has 0 atom stereocenters. The van der Waals surface area contributed by atoms with Gasteiger partial charge >= 0.3 is 0 Å². The second-order valence-electron chi connectivity index (χ2n) is 7.31. The minimum Gasteiger partial charge on any atom is -0.265 e. The van der Waals surface area contributed by atoms with Crippen molar-refractivity contribution in [2.24, 2.45) is 7.05 Å². The highest BCUT2D eigenvalue weighted by Gasteiger charge is 2.26. The molecule has 0 aliphatic carbocycles. The van der Waals surface area contributed by atoms with Gasteiger partial charge in [0.05, 0.1) is 12.6 Å². The summed E-state index contributed by atoms with van der Waals surface area (Å²) in [6.07, 6.45) is 3.69. The first kappa shape index (κ1) is 17.4. The Morgan fingerprint density at radius 3 is 2.28 bits per heavy atom. The maximum absolute atomic E-state index is 4.16. The molecule has 0 N–H and O–H groups in total. The van der Waals surface area contributed by atoms with Crippen LogP contribution in [0.4, 0.5) is 0 Å². The quantitative estimate of drug-likeness (QED) is 0.382. The van der Waals surface area contributed by atoms with Gasteiger partial charge in [0.2, 0.25) is 0 Å². The molecule has 3 heteroatoms. The third-order valence-corrected chi connectivity index (χ3v) is 5.52. The van der Waals surface area contributed by atoms with Crippen molar-refractivity contribution in [3.63, 3.8) is 0 Å². The summed E-state index contributed by atoms with van der Waals surface area (Å²) in [5.74, 6) is 1.17. The van der Waals surface area contributed by atoms with Crippen molar-refractivity contribution in [3.05, 3.63) is 103 Å². The van der Waals surface area contributed by atoms with Gasteiger partial charge in [-0.15, -0.1) is 0 Å². The molecule has 0 spiro atoms. The average Bonchev–Trinajstić information content (AvgIpc) is 3.08. The van der Waals surface area contributed by atoms with E-state index in [9.17, 15) is 0 Å². The van der Waals surface area contributed by atoms with Crippen molar-refractivity contribution in [2.45, 2.75) is 6.92 Å². The molecule has 0 unspecified atom stereocenters. The van der Waals surface area contributed by atoms with Crippen molar-refractivity contribution in [2.75, 3.05) is 0 Å². The van der Waals surface area contributed by atoms with Gasteiger partial charge in [0.15, 0.2) is 11.0 Å². The fraction of sp³-hybridized carbons (Fsp3) is 0.0769. The van der Waals surface area contributed by atoms with Gasteiger partial charge in [-0.25, -0.2) is 4.57 Å². The summed E-state index contributed by atoms with van der Waals surface area (Å²) >= 11 is 0. The number of aromatic nitrogens is 3. The molecule has 3 nitrogen and oxygen atoms in total. The summed E-state index contributed by atoms with van der Waals surface area (Å²) in [4.78, 5) is 4.16. The lowest BCUT2D eigenvalue weighted by molar-refractivity contribution is -0.633. The first-order valence-electron chi connectivity index (χ1n) is 9.80. The molecule has 0 saturated heterocycles. The molecule has 5 rings (SSSR count). The number of hydrogen-bond donors (Lipinski definition) is 0. The molecule has 0 saturated carbocycles. The topological polar surface area (TPSA) is 21.7 Å². The van der Waals surface area contributed by atoms with Crippen molar-refractivity contribution in [1.29, 1.82) is 0 Å². The van der Waals surface area contributed by atoms with Crippen LogP contribution in [0.15, 0.2) is 97.3 Å². The smallest absolute Gasteiger partial charge is 0.265 e. The highest BCUT2D eigenvalue weighted by atomic mass is 15.2. The summed E-state index contributed by atoms with van der Waals surface area (Å²) in [5, 5.41) is 0. The predicted molar refractivity (Wildman–Crippen MR) is 118 cm³/mol. The molecule has 2 heterocycles. The maximum Gasteiger partial charge on any atom is 0.295 e. The zero-order chi connectivity index (χ0) is 19.8. The summed E-state index contributed by atoms with van der Waals surface area (Å²) in [6.45, 7) is 2.18. The van der Waals surface area contributed by atoms with Gasteiger partial charge in [-0.1, -0.05) is 42.5 Å². The molecular weight excluding hydrogens is 354 g/mol. The van der Waals surface area contributed by atoms with Gasteiger partial charge in [-0.05, 0) is 66.1 Å². The molecule has 5 aromatic rings. The molecule has 29 heavy (non-hydrogen) atoms. The number of pyridine rings is 1. The van der Waals surface area contributed by atoms with Gasteiger partial charge in [-0.2, -0.15) is 4.57 Å². The first-order valence-corrected chi connectivity index (χ1v) is 9.80. The van der Waals surface area contributed by atoms with Gasteiger partial charge in [0, 0.05) is 12.4 Å². The van der Waals surface area contributed by atoms with Crippen LogP contribution < -0.4 is 4.57 Å². The molecule has 2 aromatic heterocycles. The Kier molecular flexibility index (Phi) is 4.21. The Morgan fingerprint density at radius 2 is 1.48 bits per heavy atom. The van der Waals surface area contributed by atoms with E-state index >= 15 is 0 Å². The Balaban J connectivity index is 1.84. The summed E-state index contributed by atoms with van der Waals surface area (Å²) in [5.41, 5.74) is 8.40. The standard InChI is InChI=1S/C26H22N3/c1-19-12-13-21(20-14-16-27-17-15-20)18-23(19)26-28(2)24-10-6-7-11-25(24)29(26)22-8-4-3-5-9-22/h3-18H,1-2H3/q+1. The van der Waals surface area contributed by atoms with E-state index in [0.29, 0.717) is 0 Å². The molecular formula is C26H22N3+. The lowest BCUT2D eigenvalue weighted by Gasteiger charge is -2.09. The van der Waals surface area contributed by atoms with Crippen LogP contribution in [0.25, 0.3) is 39.2 Å². The van der Waals surface area contributed by atoms with Crippen LogP contribution in [-0.4, -0.2) is 9.55 Å². The Hall–Kier alpha value is -3.72. The summed E-state index contributed by atoms with van der Waals surface area (Å²) in [7, 11) is 2.15. The second kappa shape index (κ2) is 7.02. The van der Waals surface area contributed by atoms with Crippen LogP contribution in [0, 0.1) is 6.92 Å². The van der Waals surface area contributed by atoms with Gasteiger partial charge in [-0.3, -0.25) is 4.98 Å². The number of fused-ring (bicyclic) bond motifs is 1. The molecule has 0 bridgehead atoms. The molecule has 0 fully saturated rings. The second-order valence-corrected chi connectivity index (χ2v) is 7.31. The number of rotatable bonds is 3. The third-order valence-electron chi connectivity index (χ3n) is 5.52. The highest BCUT2D eigenvalue weighted by molar-refractivity contribution is 5.81. The van der Waals surface area contributed by atoms with E-state index in [4.69, 9.17) is 0 Å². The van der Waals surface area contributed by atoms with Crippen molar-refractivity contribution < 1.29 is 4.57 Å². The van der Waals surface area contributed by atoms with E-state index in [1.54, 1.807) is 0 Å². The summed E-state index contributed by atoms with van der Waals surface area (Å²) < 4.78 is 4.65. The minimum atomic E-state index is 1.16. The number of benzene rings is 3. The van der Waals surface area contributed by atoms with Gasteiger partial charge < -0.3 is 0 Å². The van der Waals surface area contributed by atoms with Crippen molar-refractivity contribution >= 4 is 11.0 Å². The molecule has 3 aromatic carbocycles. The van der Waals surface area contributed by atoms with Crippen molar-refractivity contribution in [1.82, 2.24) is 9.55 Å². The Morgan fingerprint density at radius 1 is 0.759 bits per heavy atom. The lowest BCUT2D eigenvalue weighted by atomic mass is 10.00. The Labute approximate surface area is 170 Å². The first-order chi connectivity index (χ1) is 14.2. The highest BCUT2D eigenvalue weighted by Crippen LogP contribution is 2.32. The molecule has 0 amide bonds. The number of hydrogen-bond acceptors (Lipinski definition) is 1. The van der Waals surface area contributed by atoms with Crippen LogP contribution in [0.1, 0.15) is 5.56 Å². The normalized spacial score (nSPS) is 11.1. The van der Waals surface area contributed by atoms with Crippen LogP contribution in [0.5, 0.6) is 0 Å². The number of aryl methyl sites for hydroxylation is 2. The number of nitrogens with zero attached hydrogens (tertiary/aromatic N) is 3. The zero-order valence-electron chi connectivity index (χ0n) is 16.6. The SMILES string of the molecule is Cc1ccc(-c2ccncc2)cc1-c1n(-c2ccccc2)c2ccccc2[n+]1C. The van der Waals surface area contributed by atoms with E-state index < -0.39 is 0 Å². The Bertz CT molecular complexity index is 1300. The van der Waals surface area contributed by atoms with Crippen molar-refractivity contribution in [3.8, 4) is 28.2 Å². The van der Waals surface area contributed by atoms with E-state index in [-0.39, 0.29) is 0 Å². The fourth-order valence-electron chi connectivity index (χ4n) is 4.04. The lowest BCUT2D eigenvalue weighted by Crippen LogP contribution is -2.30. The fourth-order valence-corrected chi connectivity index (χ4v) is 4.04.